The molecule has 2 aromatic carbocycles. The van der Waals surface area contributed by atoms with Crippen LogP contribution in [-0.4, -0.2) is 31.4 Å². The van der Waals surface area contributed by atoms with E-state index >= 15 is 0 Å². The van der Waals surface area contributed by atoms with Crippen LogP contribution >= 0.6 is 23.2 Å². The molecule has 1 unspecified atom stereocenters. The summed E-state index contributed by atoms with van der Waals surface area (Å²) in [4.78, 5) is 14.3. The molecule has 0 aliphatic rings. The van der Waals surface area contributed by atoms with Crippen molar-refractivity contribution in [3.8, 4) is 0 Å². The zero-order valence-electron chi connectivity index (χ0n) is 12.5. The van der Waals surface area contributed by atoms with Crippen LogP contribution in [0.3, 0.4) is 0 Å². The Morgan fingerprint density at radius 2 is 1.82 bits per heavy atom. The van der Waals surface area contributed by atoms with Gasteiger partial charge in [0.2, 0.25) is 0 Å². The zero-order chi connectivity index (χ0) is 16.1. The predicted molar refractivity (Wildman–Crippen MR) is 91.7 cm³/mol. The summed E-state index contributed by atoms with van der Waals surface area (Å²) in [6.07, 6.45) is 0. The average Bonchev–Trinajstić information content (AvgIpc) is 2.48. The molecule has 0 aliphatic heterocycles. The van der Waals surface area contributed by atoms with Gasteiger partial charge in [0, 0.05) is 11.6 Å². The molecule has 1 atom stereocenters. The van der Waals surface area contributed by atoms with Gasteiger partial charge in [-0.2, -0.15) is 0 Å². The SMILES string of the molecule is CN(C)C(CNC(=O)c1ccc(Cl)cc1Cl)c1ccccc1. The molecule has 0 fully saturated rings. The van der Waals surface area contributed by atoms with Crippen LogP contribution in [0.1, 0.15) is 22.0 Å². The number of hydrogen-bond donors (Lipinski definition) is 1. The maximum absolute atomic E-state index is 12.3. The molecule has 0 saturated carbocycles. The minimum atomic E-state index is -0.204. The van der Waals surface area contributed by atoms with Gasteiger partial charge in [0.15, 0.2) is 0 Å². The van der Waals surface area contributed by atoms with E-state index in [4.69, 9.17) is 23.2 Å². The molecule has 22 heavy (non-hydrogen) atoms. The van der Waals surface area contributed by atoms with E-state index in [9.17, 15) is 4.79 Å². The summed E-state index contributed by atoms with van der Waals surface area (Å²) in [5, 5.41) is 3.80. The first kappa shape index (κ1) is 16.8. The molecule has 0 spiro atoms. The largest absolute Gasteiger partial charge is 0.350 e. The zero-order valence-corrected chi connectivity index (χ0v) is 14.0. The number of benzene rings is 2. The highest BCUT2D eigenvalue weighted by atomic mass is 35.5. The Morgan fingerprint density at radius 3 is 2.41 bits per heavy atom. The summed E-state index contributed by atoms with van der Waals surface area (Å²) >= 11 is 11.9. The van der Waals surface area contributed by atoms with E-state index in [1.165, 1.54) is 0 Å². The third-order valence-electron chi connectivity index (χ3n) is 3.44. The first-order valence-corrected chi connectivity index (χ1v) is 7.69. The van der Waals surface area contributed by atoms with Crippen molar-refractivity contribution in [3.05, 3.63) is 69.7 Å². The molecule has 1 amide bonds. The molecule has 5 heteroatoms. The predicted octanol–water partition coefficient (Wildman–Crippen LogP) is 4.03. The molecule has 0 heterocycles. The van der Waals surface area contributed by atoms with Crippen LogP contribution in [0, 0.1) is 0 Å². The Balaban J connectivity index is 2.08. The molecule has 0 aliphatic carbocycles. The number of hydrogen-bond acceptors (Lipinski definition) is 2. The Hall–Kier alpha value is -1.55. The molecule has 0 radical (unpaired) electrons. The number of carbonyl (C=O) groups is 1. The van der Waals surface area contributed by atoms with Crippen LogP contribution in [0.15, 0.2) is 48.5 Å². The van der Waals surface area contributed by atoms with Crippen LogP contribution in [0.4, 0.5) is 0 Å². The second-order valence-corrected chi connectivity index (χ2v) is 6.07. The number of nitrogens with one attached hydrogen (secondary N) is 1. The summed E-state index contributed by atoms with van der Waals surface area (Å²) < 4.78 is 0. The van der Waals surface area contributed by atoms with Crippen molar-refractivity contribution in [3.63, 3.8) is 0 Å². The third-order valence-corrected chi connectivity index (χ3v) is 3.99. The fraction of sp³-hybridized carbons (Fsp3) is 0.235. The Bertz CT molecular complexity index is 644. The minimum Gasteiger partial charge on any atom is -0.350 e. The number of rotatable bonds is 5. The van der Waals surface area contributed by atoms with Crippen LogP contribution < -0.4 is 5.32 Å². The summed E-state index contributed by atoms with van der Waals surface area (Å²) in [5.41, 5.74) is 1.58. The van der Waals surface area contributed by atoms with Gasteiger partial charge in [-0.1, -0.05) is 53.5 Å². The van der Waals surface area contributed by atoms with Crippen molar-refractivity contribution >= 4 is 29.1 Å². The average molecular weight is 337 g/mol. The maximum atomic E-state index is 12.3. The van der Waals surface area contributed by atoms with Crippen LogP contribution in [0.5, 0.6) is 0 Å². The lowest BCUT2D eigenvalue weighted by atomic mass is 10.1. The molecule has 116 valence electrons. The summed E-state index contributed by atoms with van der Waals surface area (Å²) in [6, 6.07) is 15.0. The number of nitrogens with zero attached hydrogens (tertiary/aromatic N) is 1. The van der Waals surface area contributed by atoms with Crippen LogP contribution in [-0.2, 0) is 0 Å². The van der Waals surface area contributed by atoms with Gasteiger partial charge in [0.1, 0.15) is 0 Å². The fourth-order valence-corrected chi connectivity index (χ4v) is 2.73. The number of halogens is 2. The van der Waals surface area contributed by atoms with E-state index in [0.717, 1.165) is 5.56 Å². The van der Waals surface area contributed by atoms with Gasteiger partial charge in [-0.25, -0.2) is 0 Å². The highest BCUT2D eigenvalue weighted by molar-refractivity contribution is 6.36. The molecule has 0 aromatic heterocycles. The monoisotopic (exact) mass is 336 g/mol. The molecule has 0 saturated heterocycles. The van der Waals surface area contributed by atoms with Crippen molar-refractivity contribution in [2.45, 2.75) is 6.04 Å². The highest BCUT2D eigenvalue weighted by Crippen LogP contribution is 2.21. The summed E-state index contributed by atoms with van der Waals surface area (Å²) in [6.45, 7) is 0.495. The van der Waals surface area contributed by atoms with Crippen molar-refractivity contribution < 1.29 is 4.79 Å². The van der Waals surface area contributed by atoms with E-state index in [-0.39, 0.29) is 11.9 Å². The van der Waals surface area contributed by atoms with Gasteiger partial charge in [-0.3, -0.25) is 4.79 Å². The van der Waals surface area contributed by atoms with Gasteiger partial charge < -0.3 is 10.2 Å². The lowest BCUT2D eigenvalue weighted by Crippen LogP contribution is -2.34. The maximum Gasteiger partial charge on any atom is 0.252 e. The lowest BCUT2D eigenvalue weighted by Gasteiger charge is -2.25. The topological polar surface area (TPSA) is 32.3 Å². The molecular formula is C17H18Cl2N2O. The summed E-state index contributed by atoms with van der Waals surface area (Å²) in [5.74, 6) is -0.204. The van der Waals surface area contributed by atoms with E-state index in [0.29, 0.717) is 22.2 Å². The third kappa shape index (κ3) is 4.23. The normalized spacial score (nSPS) is 12.2. The second-order valence-electron chi connectivity index (χ2n) is 5.22. The highest BCUT2D eigenvalue weighted by Gasteiger charge is 2.16. The van der Waals surface area contributed by atoms with Crippen molar-refractivity contribution in [1.29, 1.82) is 0 Å². The smallest absolute Gasteiger partial charge is 0.252 e. The summed E-state index contributed by atoms with van der Waals surface area (Å²) in [7, 11) is 3.97. The first-order valence-electron chi connectivity index (χ1n) is 6.93. The fourth-order valence-electron chi connectivity index (χ4n) is 2.23. The quantitative estimate of drug-likeness (QED) is 0.894. The van der Waals surface area contributed by atoms with Crippen LogP contribution in [0.25, 0.3) is 0 Å². The number of likely N-dealkylation sites (N-methyl/N-ethyl adjacent to an activating group) is 1. The molecule has 3 nitrogen and oxygen atoms in total. The van der Waals surface area contributed by atoms with Gasteiger partial charge in [0.05, 0.1) is 16.6 Å². The molecule has 2 aromatic rings. The number of carbonyl (C=O) groups excluding carboxylic acids is 1. The van der Waals surface area contributed by atoms with E-state index in [1.807, 2.05) is 44.4 Å². The molecule has 2 rings (SSSR count). The second kappa shape index (κ2) is 7.63. The van der Waals surface area contributed by atoms with Crippen molar-refractivity contribution in [1.82, 2.24) is 10.2 Å². The van der Waals surface area contributed by atoms with Gasteiger partial charge in [-0.05, 0) is 37.9 Å². The minimum absolute atomic E-state index is 0.0937. The Morgan fingerprint density at radius 1 is 1.14 bits per heavy atom. The van der Waals surface area contributed by atoms with Gasteiger partial charge in [0.25, 0.3) is 5.91 Å². The molecule has 0 bridgehead atoms. The van der Waals surface area contributed by atoms with Crippen LogP contribution in [0.2, 0.25) is 10.0 Å². The van der Waals surface area contributed by atoms with Gasteiger partial charge in [-0.15, -0.1) is 0 Å². The molecular weight excluding hydrogens is 319 g/mol. The number of amides is 1. The standard InChI is InChI=1S/C17H18Cl2N2O/c1-21(2)16(12-6-4-3-5-7-12)11-20-17(22)14-9-8-13(18)10-15(14)19/h3-10,16H,11H2,1-2H3,(H,20,22). The Kier molecular flexibility index (Phi) is 5.83. The van der Waals surface area contributed by atoms with Gasteiger partial charge >= 0.3 is 0 Å². The Labute approximate surface area is 140 Å². The van der Waals surface area contributed by atoms with E-state index in [1.54, 1.807) is 18.2 Å². The van der Waals surface area contributed by atoms with E-state index in [2.05, 4.69) is 10.2 Å². The van der Waals surface area contributed by atoms with Crippen molar-refractivity contribution in [2.75, 3.05) is 20.6 Å². The first-order chi connectivity index (χ1) is 10.5. The van der Waals surface area contributed by atoms with E-state index < -0.39 is 0 Å². The molecule has 1 N–H and O–H groups in total. The lowest BCUT2D eigenvalue weighted by molar-refractivity contribution is 0.0942. The van der Waals surface area contributed by atoms with Crippen molar-refractivity contribution in [2.24, 2.45) is 0 Å².